The molecule has 72 valence electrons. The summed E-state index contributed by atoms with van der Waals surface area (Å²) in [6.45, 7) is 1.59. The second-order valence-electron chi connectivity index (χ2n) is 2.50. The largest absolute Gasteiger partial charge is 0.285 e. The normalized spacial score (nSPS) is 30.4. The van der Waals surface area contributed by atoms with Crippen LogP contribution in [-0.2, 0) is 0 Å². The lowest BCUT2D eigenvalue weighted by atomic mass is 10.0. The van der Waals surface area contributed by atoms with Crippen LogP contribution in [0.2, 0.25) is 0 Å². The van der Waals surface area contributed by atoms with Crippen molar-refractivity contribution in [1.29, 1.82) is 10.8 Å². The zero-order chi connectivity index (χ0) is 10.1. The van der Waals surface area contributed by atoms with Crippen LogP contribution in [0.25, 0.3) is 0 Å². The molecule has 1 aliphatic rings. The van der Waals surface area contributed by atoms with Crippen LogP contribution in [0.1, 0.15) is 6.92 Å². The minimum absolute atomic E-state index is 0.171. The van der Waals surface area contributed by atoms with Crippen molar-refractivity contribution in [3.8, 4) is 0 Å². The van der Waals surface area contributed by atoms with Gasteiger partial charge in [-0.05, 0) is 17.4 Å². The highest BCUT2D eigenvalue weighted by atomic mass is 35.5. The molecule has 1 atom stereocenters. The molecular formula is C5H8Cl2N6. The summed E-state index contributed by atoms with van der Waals surface area (Å²) in [7, 11) is 0. The maximum absolute atomic E-state index is 7.48. The molecule has 1 aliphatic heterocycles. The van der Waals surface area contributed by atoms with E-state index in [0.717, 1.165) is 0 Å². The molecule has 6 nitrogen and oxygen atoms in total. The smallest absolute Gasteiger partial charge is 0.177 e. The molecule has 0 amide bonds. The van der Waals surface area contributed by atoms with E-state index in [2.05, 4.69) is 21.3 Å². The van der Waals surface area contributed by atoms with Crippen molar-refractivity contribution >= 4 is 34.9 Å². The first-order valence-electron chi connectivity index (χ1n) is 3.42. The lowest BCUT2D eigenvalue weighted by Crippen LogP contribution is -2.53. The molecule has 13 heavy (non-hydrogen) atoms. The minimum atomic E-state index is -1.43. The Kier molecular flexibility index (Phi) is 2.72. The van der Waals surface area contributed by atoms with Gasteiger partial charge < -0.3 is 0 Å². The van der Waals surface area contributed by atoms with Gasteiger partial charge in [-0.25, -0.2) is 10.9 Å². The van der Waals surface area contributed by atoms with Gasteiger partial charge in [-0.2, -0.15) is 0 Å². The Labute approximate surface area is 84.7 Å². The predicted molar refractivity (Wildman–Crippen MR) is 50.5 cm³/mol. The van der Waals surface area contributed by atoms with Gasteiger partial charge >= 0.3 is 0 Å². The van der Waals surface area contributed by atoms with E-state index in [-0.39, 0.29) is 11.7 Å². The molecule has 0 aromatic heterocycles. The van der Waals surface area contributed by atoms with Crippen LogP contribution < -0.4 is 10.9 Å². The fraction of sp³-hybridized carbons (Fsp3) is 0.600. The van der Waals surface area contributed by atoms with Gasteiger partial charge in [-0.1, -0.05) is 0 Å². The molecule has 0 fully saturated rings. The quantitative estimate of drug-likeness (QED) is 0.499. The molecule has 0 saturated carbocycles. The van der Waals surface area contributed by atoms with Crippen molar-refractivity contribution in [3.63, 3.8) is 0 Å². The Morgan fingerprint density at radius 3 is 2.00 bits per heavy atom. The Morgan fingerprint density at radius 1 is 1.31 bits per heavy atom. The molecule has 0 aromatic rings. The SMILES string of the molecule is CC(Cl)C1(Cl)C(=N)NN=NNC1=N. The summed E-state index contributed by atoms with van der Waals surface area (Å²) < 4.78 is 0. The van der Waals surface area contributed by atoms with E-state index in [0.29, 0.717) is 0 Å². The molecule has 1 unspecified atom stereocenters. The number of amidine groups is 2. The van der Waals surface area contributed by atoms with Gasteiger partial charge in [-0.15, -0.1) is 23.2 Å². The molecule has 0 aliphatic carbocycles. The van der Waals surface area contributed by atoms with Crippen molar-refractivity contribution in [2.45, 2.75) is 17.2 Å². The number of nitrogens with one attached hydrogen (secondary N) is 4. The summed E-state index contributed by atoms with van der Waals surface area (Å²) in [6.07, 6.45) is 0. The summed E-state index contributed by atoms with van der Waals surface area (Å²) in [5.41, 5.74) is 4.54. The monoisotopic (exact) mass is 222 g/mol. The first kappa shape index (κ1) is 10.2. The van der Waals surface area contributed by atoms with Gasteiger partial charge in [-0.3, -0.25) is 10.8 Å². The van der Waals surface area contributed by atoms with Crippen molar-refractivity contribution in [2.75, 3.05) is 0 Å². The van der Waals surface area contributed by atoms with E-state index in [1.165, 1.54) is 0 Å². The Bertz CT molecular complexity index is 252. The number of rotatable bonds is 1. The molecule has 0 aromatic carbocycles. The maximum Gasteiger partial charge on any atom is 0.177 e. The number of alkyl halides is 2. The van der Waals surface area contributed by atoms with Crippen molar-refractivity contribution < 1.29 is 0 Å². The van der Waals surface area contributed by atoms with Crippen LogP contribution in [0, 0.1) is 10.8 Å². The summed E-state index contributed by atoms with van der Waals surface area (Å²) >= 11 is 11.8. The van der Waals surface area contributed by atoms with Crippen LogP contribution in [-0.4, -0.2) is 21.9 Å². The summed E-state index contributed by atoms with van der Waals surface area (Å²) in [5, 5.41) is 21.0. The van der Waals surface area contributed by atoms with Crippen LogP contribution >= 0.6 is 23.2 Å². The third kappa shape index (κ3) is 1.59. The second kappa shape index (κ2) is 3.47. The number of hydrogen-bond acceptors (Lipinski definition) is 4. The van der Waals surface area contributed by atoms with E-state index in [9.17, 15) is 0 Å². The van der Waals surface area contributed by atoms with Crippen molar-refractivity contribution in [2.24, 2.45) is 10.4 Å². The van der Waals surface area contributed by atoms with Crippen molar-refractivity contribution in [3.05, 3.63) is 0 Å². The van der Waals surface area contributed by atoms with Gasteiger partial charge in [0, 0.05) is 0 Å². The van der Waals surface area contributed by atoms with E-state index >= 15 is 0 Å². The highest BCUT2D eigenvalue weighted by molar-refractivity contribution is 6.51. The van der Waals surface area contributed by atoms with Crippen LogP contribution in [0.5, 0.6) is 0 Å². The molecule has 0 spiro atoms. The molecule has 0 saturated heterocycles. The third-order valence-corrected chi connectivity index (χ3v) is 2.79. The average Bonchev–Trinajstić information content (AvgIpc) is 2.19. The second-order valence-corrected chi connectivity index (χ2v) is 3.75. The zero-order valence-corrected chi connectivity index (χ0v) is 8.24. The first-order valence-corrected chi connectivity index (χ1v) is 4.23. The van der Waals surface area contributed by atoms with Gasteiger partial charge in [0.25, 0.3) is 0 Å². The van der Waals surface area contributed by atoms with Gasteiger partial charge in [0.15, 0.2) is 4.87 Å². The van der Waals surface area contributed by atoms with Crippen LogP contribution in [0.15, 0.2) is 10.4 Å². The first-order chi connectivity index (χ1) is 5.99. The third-order valence-electron chi connectivity index (χ3n) is 1.65. The number of nitrogens with zero attached hydrogens (tertiary/aromatic N) is 2. The van der Waals surface area contributed by atoms with E-state index < -0.39 is 10.3 Å². The maximum atomic E-state index is 7.48. The molecular weight excluding hydrogens is 215 g/mol. The molecule has 1 rings (SSSR count). The highest BCUT2D eigenvalue weighted by Crippen LogP contribution is 2.26. The summed E-state index contributed by atoms with van der Waals surface area (Å²) in [4.78, 5) is -1.43. The average molecular weight is 223 g/mol. The van der Waals surface area contributed by atoms with Gasteiger partial charge in [0.05, 0.1) is 5.38 Å². The summed E-state index contributed by atoms with van der Waals surface area (Å²) in [6, 6.07) is 0. The standard InChI is InChI=1S/C5H8Cl2N6/c1-2(6)5(7)3(8)10-12-13-11-4(5)9/h2H,1H3,(H2,8,10,13)(H2,9,11,12). The van der Waals surface area contributed by atoms with Crippen LogP contribution in [0.3, 0.4) is 0 Å². The van der Waals surface area contributed by atoms with E-state index in [4.69, 9.17) is 34.0 Å². The van der Waals surface area contributed by atoms with Crippen molar-refractivity contribution in [1.82, 2.24) is 10.9 Å². The lowest BCUT2D eigenvalue weighted by molar-refractivity contribution is 0.808. The minimum Gasteiger partial charge on any atom is -0.285 e. The van der Waals surface area contributed by atoms with Gasteiger partial charge in [0.2, 0.25) is 0 Å². The summed E-state index contributed by atoms with van der Waals surface area (Å²) in [5.74, 6) is -0.342. The van der Waals surface area contributed by atoms with Crippen LogP contribution in [0.4, 0.5) is 0 Å². The fourth-order valence-corrected chi connectivity index (χ4v) is 1.14. The Balaban J connectivity index is 3.04. The topological polar surface area (TPSA) is 96.5 Å². The molecule has 1 heterocycles. The molecule has 0 radical (unpaired) electrons. The zero-order valence-electron chi connectivity index (χ0n) is 6.73. The molecule has 8 heteroatoms. The Morgan fingerprint density at radius 2 is 1.69 bits per heavy atom. The fourth-order valence-electron chi connectivity index (χ4n) is 0.835. The van der Waals surface area contributed by atoms with E-state index in [1.807, 2.05) is 0 Å². The number of halogens is 2. The molecule has 4 N–H and O–H groups in total. The highest BCUT2D eigenvalue weighted by Gasteiger charge is 2.44. The Hall–Kier alpha value is -0.880. The predicted octanol–water partition coefficient (Wildman–Crippen LogP) is 1.02. The number of hydrogen-bond donors (Lipinski definition) is 4. The lowest BCUT2D eigenvalue weighted by Gasteiger charge is -2.27. The molecule has 0 bridgehead atoms. The van der Waals surface area contributed by atoms with Gasteiger partial charge in [0.1, 0.15) is 11.7 Å². The van der Waals surface area contributed by atoms with E-state index in [1.54, 1.807) is 6.92 Å².